The molecule has 1 rings (SSSR count). The predicted molar refractivity (Wildman–Crippen MR) is 51.4 cm³/mol. The Labute approximate surface area is 71.7 Å². The number of hydrogen-bond donors (Lipinski definition) is 1. The molecule has 0 N–H and O–H groups in total. The van der Waals surface area contributed by atoms with E-state index in [0.29, 0.717) is 0 Å². The van der Waals surface area contributed by atoms with Crippen molar-refractivity contribution in [2.45, 2.75) is 20.3 Å². The molecule has 1 aromatic heterocycles. The monoisotopic (exact) mass is 172 g/mol. The zero-order chi connectivity index (χ0) is 7.56. The van der Waals surface area contributed by atoms with Crippen LogP contribution in [0.3, 0.4) is 0 Å². The molecule has 2 heteroatoms. The third-order valence-corrected chi connectivity index (χ3v) is 2.76. The lowest BCUT2D eigenvalue weighted by Gasteiger charge is -1.92. The van der Waals surface area contributed by atoms with Gasteiger partial charge in [0, 0.05) is 9.75 Å². The minimum absolute atomic E-state index is 0.955. The standard InChI is InChI=1S/C8H12S2/c1-6-5-8(3-4-9)7(2)10-6/h5,9H,3-4H2,1-2H3. The Kier molecular flexibility index (Phi) is 2.81. The Morgan fingerprint density at radius 3 is 2.60 bits per heavy atom. The van der Waals surface area contributed by atoms with Crippen molar-refractivity contribution in [3.05, 3.63) is 21.4 Å². The maximum Gasteiger partial charge on any atom is 0.00493 e. The SMILES string of the molecule is Cc1cc(CCS)c(C)s1. The van der Waals surface area contributed by atoms with Crippen LogP contribution in [0.25, 0.3) is 0 Å². The van der Waals surface area contributed by atoms with Crippen LogP contribution in [0.4, 0.5) is 0 Å². The summed E-state index contributed by atoms with van der Waals surface area (Å²) in [5, 5.41) is 0. The van der Waals surface area contributed by atoms with E-state index in [1.165, 1.54) is 15.3 Å². The summed E-state index contributed by atoms with van der Waals surface area (Å²) in [6.45, 7) is 4.33. The van der Waals surface area contributed by atoms with Gasteiger partial charge in [-0.15, -0.1) is 11.3 Å². The molecule has 0 nitrogen and oxygen atoms in total. The molecule has 56 valence electrons. The highest BCUT2D eigenvalue weighted by Gasteiger charge is 1.99. The molecule has 0 saturated carbocycles. The van der Waals surface area contributed by atoms with Gasteiger partial charge in [-0.05, 0) is 37.7 Å². The van der Waals surface area contributed by atoms with Gasteiger partial charge in [0.15, 0.2) is 0 Å². The van der Waals surface area contributed by atoms with Gasteiger partial charge in [-0.2, -0.15) is 12.6 Å². The minimum Gasteiger partial charge on any atom is -0.179 e. The van der Waals surface area contributed by atoms with Crippen molar-refractivity contribution in [3.8, 4) is 0 Å². The Morgan fingerprint density at radius 2 is 2.20 bits per heavy atom. The second-order valence-electron chi connectivity index (χ2n) is 2.41. The summed E-state index contributed by atoms with van der Waals surface area (Å²) in [7, 11) is 0. The summed E-state index contributed by atoms with van der Waals surface area (Å²) in [5.74, 6) is 0.955. The molecule has 0 aliphatic carbocycles. The molecule has 0 aromatic carbocycles. The normalized spacial score (nSPS) is 10.3. The van der Waals surface area contributed by atoms with E-state index in [2.05, 4.69) is 32.5 Å². The molecule has 0 atom stereocenters. The van der Waals surface area contributed by atoms with Crippen LogP contribution in [-0.2, 0) is 6.42 Å². The first-order valence-corrected chi connectivity index (χ1v) is 4.85. The quantitative estimate of drug-likeness (QED) is 0.652. The van der Waals surface area contributed by atoms with Gasteiger partial charge in [-0.1, -0.05) is 0 Å². The van der Waals surface area contributed by atoms with Crippen LogP contribution >= 0.6 is 24.0 Å². The fourth-order valence-electron chi connectivity index (χ4n) is 1.05. The molecule has 0 aliphatic heterocycles. The number of aryl methyl sites for hydroxylation is 3. The van der Waals surface area contributed by atoms with Gasteiger partial charge in [-0.25, -0.2) is 0 Å². The number of thiophene rings is 1. The molecule has 0 amide bonds. The molecule has 0 saturated heterocycles. The number of rotatable bonds is 2. The van der Waals surface area contributed by atoms with E-state index >= 15 is 0 Å². The zero-order valence-electron chi connectivity index (χ0n) is 6.35. The van der Waals surface area contributed by atoms with Crippen LogP contribution in [0.15, 0.2) is 6.07 Å². The lowest BCUT2D eigenvalue weighted by Crippen LogP contribution is -1.83. The minimum atomic E-state index is 0.955. The van der Waals surface area contributed by atoms with Crippen molar-refractivity contribution in [1.82, 2.24) is 0 Å². The molecule has 0 spiro atoms. The van der Waals surface area contributed by atoms with E-state index in [4.69, 9.17) is 0 Å². The van der Waals surface area contributed by atoms with Crippen LogP contribution in [0.2, 0.25) is 0 Å². The Balaban J connectivity index is 2.81. The van der Waals surface area contributed by atoms with Crippen molar-refractivity contribution < 1.29 is 0 Å². The molecule has 0 radical (unpaired) electrons. The first kappa shape index (κ1) is 8.15. The third kappa shape index (κ3) is 1.77. The molecular formula is C8H12S2. The van der Waals surface area contributed by atoms with Gasteiger partial charge >= 0.3 is 0 Å². The highest BCUT2D eigenvalue weighted by molar-refractivity contribution is 7.80. The topological polar surface area (TPSA) is 0 Å². The summed E-state index contributed by atoms with van der Waals surface area (Å²) in [6, 6.07) is 2.26. The third-order valence-electron chi connectivity index (χ3n) is 1.52. The first-order valence-electron chi connectivity index (χ1n) is 3.41. The highest BCUT2D eigenvalue weighted by atomic mass is 32.1. The summed E-state index contributed by atoms with van der Waals surface area (Å²) in [6.07, 6.45) is 1.11. The van der Waals surface area contributed by atoms with E-state index in [-0.39, 0.29) is 0 Å². The fourth-order valence-corrected chi connectivity index (χ4v) is 2.27. The maximum atomic E-state index is 4.19. The molecule has 10 heavy (non-hydrogen) atoms. The van der Waals surface area contributed by atoms with E-state index in [1.54, 1.807) is 0 Å². The van der Waals surface area contributed by atoms with E-state index < -0.39 is 0 Å². The number of thiol groups is 1. The van der Waals surface area contributed by atoms with Crippen LogP contribution in [-0.4, -0.2) is 5.75 Å². The second-order valence-corrected chi connectivity index (χ2v) is 4.32. The predicted octanol–water partition coefficient (Wildman–Crippen LogP) is 2.84. The largest absolute Gasteiger partial charge is 0.179 e. The summed E-state index contributed by atoms with van der Waals surface area (Å²) in [5.41, 5.74) is 1.47. The van der Waals surface area contributed by atoms with Crippen LogP contribution in [0, 0.1) is 13.8 Å². The van der Waals surface area contributed by atoms with Crippen molar-refractivity contribution in [3.63, 3.8) is 0 Å². The summed E-state index contributed by atoms with van der Waals surface area (Å²) < 4.78 is 0. The smallest absolute Gasteiger partial charge is 0.00493 e. The average Bonchev–Trinajstić information content (AvgIpc) is 2.13. The van der Waals surface area contributed by atoms with Crippen molar-refractivity contribution in [1.29, 1.82) is 0 Å². The second kappa shape index (κ2) is 3.44. The van der Waals surface area contributed by atoms with Gasteiger partial charge < -0.3 is 0 Å². The van der Waals surface area contributed by atoms with E-state index in [1.807, 2.05) is 11.3 Å². The van der Waals surface area contributed by atoms with Crippen molar-refractivity contribution in [2.24, 2.45) is 0 Å². The lowest BCUT2D eigenvalue weighted by molar-refractivity contribution is 1.15. The molecular weight excluding hydrogens is 160 g/mol. The first-order chi connectivity index (χ1) is 4.74. The van der Waals surface area contributed by atoms with Crippen molar-refractivity contribution >= 4 is 24.0 Å². The Hall–Kier alpha value is 0.0500. The number of hydrogen-bond acceptors (Lipinski definition) is 2. The van der Waals surface area contributed by atoms with Gasteiger partial charge in [0.25, 0.3) is 0 Å². The Morgan fingerprint density at radius 1 is 1.50 bits per heavy atom. The van der Waals surface area contributed by atoms with E-state index in [0.717, 1.165) is 12.2 Å². The van der Waals surface area contributed by atoms with Crippen molar-refractivity contribution in [2.75, 3.05) is 5.75 Å². The summed E-state index contributed by atoms with van der Waals surface area (Å²) in [4.78, 5) is 2.86. The van der Waals surface area contributed by atoms with Crippen LogP contribution in [0.1, 0.15) is 15.3 Å². The maximum absolute atomic E-state index is 4.19. The molecule has 1 heterocycles. The fraction of sp³-hybridized carbons (Fsp3) is 0.500. The lowest BCUT2D eigenvalue weighted by atomic mass is 10.2. The molecule has 0 fully saturated rings. The molecule has 0 aliphatic rings. The van der Waals surface area contributed by atoms with Gasteiger partial charge in [0.1, 0.15) is 0 Å². The summed E-state index contributed by atoms with van der Waals surface area (Å²) >= 11 is 6.07. The Bertz CT molecular complexity index is 213. The van der Waals surface area contributed by atoms with Gasteiger partial charge in [0.2, 0.25) is 0 Å². The van der Waals surface area contributed by atoms with Gasteiger partial charge in [0.05, 0.1) is 0 Å². The zero-order valence-corrected chi connectivity index (χ0v) is 8.06. The highest BCUT2D eigenvalue weighted by Crippen LogP contribution is 2.20. The average molecular weight is 172 g/mol. The molecule has 0 bridgehead atoms. The molecule has 0 unspecified atom stereocenters. The van der Waals surface area contributed by atoms with Crippen LogP contribution < -0.4 is 0 Å². The van der Waals surface area contributed by atoms with E-state index in [9.17, 15) is 0 Å². The molecule has 1 aromatic rings. The van der Waals surface area contributed by atoms with Crippen LogP contribution in [0.5, 0.6) is 0 Å². The van der Waals surface area contributed by atoms with Gasteiger partial charge in [-0.3, -0.25) is 0 Å².